The van der Waals surface area contributed by atoms with Crippen molar-refractivity contribution >= 4 is 0 Å². The first-order valence-electron chi connectivity index (χ1n) is 7.83. The molecule has 0 unspecified atom stereocenters. The van der Waals surface area contributed by atoms with E-state index in [1.165, 1.54) is 43.4 Å². The molecular formula is C16H29N3. The molecule has 0 aromatic carbocycles. The van der Waals surface area contributed by atoms with Gasteiger partial charge >= 0.3 is 0 Å². The van der Waals surface area contributed by atoms with Crippen molar-refractivity contribution in [3.63, 3.8) is 0 Å². The SMILES string of the molecule is CC(C)c1nn(C)cc1CN[C@@H](C)C1CCCCC1. The highest BCUT2D eigenvalue weighted by atomic mass is 15.3. The number of hydrogen-bond donors (Lipinski definition) is 1. The molecule has 3 nitrogen and oxygen atoms in total. The Hall–Kier alpha value is -0.830. The lowest BCUT2D eigenvalue weighted by Crippen LogP contribution is -2.34. The number of nitrogens with zero attached hydrogens (tertiary/aromatic N) is 2. The fraction of sp³-hybridized carbons (Fsp3) is 0.812. The van der Waals surface area contributed by atoms with E-state index in [1.54, 1.807) is 0 Å². The Kier molecular flexibility index (Phi) is 5.03. The average molecular weight is 263 g/mol. The fourth-order valence-electron chi connectivity index (χ4n) is 3.25. The lowest BCUT2D eigenvalue weighted by molar-refractivity contribution is 0.280. The lowest BCUT2D eigenvalue weighted by Gasteiger charge is -2.28. The van der Waals surface area contributed by atoms with Crippen LogP contribution in [0.4, 0.5) is 0 Å². The molecule has 1 aromatic rings. The first-order chi connectivity index (χ1) is 9.08. The third kappa shape index (κ3) is 3.82. The van der Waals surface area contributed by atoms with Crippen LogP contribution in [0.1, 0.15) is 70.1 Å². The van der Waals surface area contributed by atoms with Gasteiger partial charge in [-0.15, -0.1) is 0 Å². The number of aryl methyl sites for hydroxylation is 1. The van der Waals surface area contributed by atoms with Crippen LogP contribution in [0.15, 0.2) is 6.20 Å². The molecule has 0 aliphatic heterocycles. The Morgan fingerprint density at radius 3 is 2.58 bits per heavy atom. The van der Waals surface area contributed by atoms with Gasteiger partial charge in [0.05, 0.1) is 5.69 Å². The van der Waals surface area contributed by atoms with E-state index in [1.807, 2.05) is 11.7 Å². The van der Waals surface area contributed by atoms with Crippen LogP contribution in [0.2, 0.25) is 0 Å². The van der Waals surface area contributed by atoms with Crippen molar-refractivity contribution in [2.24, 2.45) is 13.0 Å². The second-order valence-corrected chi connectivity index (χ2v) is 6.44. The standard InChI is InChI=1S/C16H29N3/c1-12(2)16-15(11-19(4)18-16)10-17-13(3)14-8-6-5-7-9-14/h11-14,17H,5-10H2,1-4H3/t13-/m0/s1. The topological polar surface area (TPSA) is 29.9 Å². The minimum Gasteiger partial charge on any atom is -0.310 e. The highest BCUT2D eigenvalue weighted by molar-refractivity contribution is 5.20. The molecule has 0 radical (unpaired) electrons. The number of nitrogens with one attached hydrogen (secondary N) is 1. The van der Waals surface area contributed by atoms with Crippen molar-refractivity contribution in [2.45, 2.75) is 71.4 Å². The summed E-state index contributed by atoms with van der Waals surface area (Å²) in [5.74, 6) is 1.37. The van der Waals surface area contributed by atoms with Crippen molar-refractivity contribution in [2.75, 3.05) is 0 Å². The molecule has 1 aromatic heterocycles. The molecule has 2 rings (SSSR count). The van der Waals surface area contributed by atoms with Gasteiger partial charge in [-0.2, -0.15) is 5.10 Å². The predicted octanol–water partition coefficient (Wildman–Crippen LogP) is 3.60. The van der Waals surface area contributed by atoms with E-state index in [9.17, 15) is 0 Å². The van der Waals surface area contributed by atoms with E-state index in [-0.39, 0.29) is 0 Å². The zero-order valence-electron chi connectivity index (χ0n) is 12.9. The van der Waals surface area contributed by atoms with Crippen LogP contribution in [-0.2, 0) is 13.6 Å². The Labute approximate surface area is 117 Å². The van der Waals surface area contributed by atoms with Crippen molar-refractivity contribution < 1.29 is 0 Å². The van der Waals surface area contributed by atoms with Gasteiger partial charge in [0.15, 0.2) is 0 Å². The first kappa shape index (κ1) is 14.6. The molecule has 0 spiro atoms. The molecule has 0 bridgehead atoms. The van der Waals surface area contributed by atoms with Gasteiger partial charge in [0.25, 0.3) is 0 Å². The van der Waals surface area contributed by atoms with Crippen LogP contribution in [0.25, 0.3) is 0 Å². The number of rotatable bonds is 5. The highest BCUT2D eigenvalue weighted by Crippen LogP contribution is 2.26. The summed E-state index contributed by atoms with van der Waals surface area (Å²) in [4.78, 5) is 0. The van der Waals surface area contributed by atoms with E-state index >= 15 is 0 Å². The summed E-state index contributed by atoms with van der Waals surface area (Å²) in [6, 6.07) is 0.625. The van der Waals surface area contributed by atoms with Crippen molar-refractivity contribution in [1.82, 2.24) is 15.1 Å². The lowest BCUT2D eigenvalue weighted by atomic mass is 9.84. The van der Waals surface area contributed by atoms with Gasteiger partial charge in [0, 0.05) is 31.4 Å². The predicted molar refractivity (Wildman–Crippen MR) is 80.2 cm³/mol. The first-order valence-corrected chi connectivity index (χ1v) is 7.83. The molecular weight excluding hydrogens is 234 g/mol. The Morgan fingerprint density at radius 1 is 1.26 bits per heavy atom. The quantitative estimate of drug-likeness (QED) is 0.879. The fourth-order valence-corrected chi connectivity index (χ4v) is 3.25. The molecule has 1 aliphatic carbocycles. The van der Waals surface area contributed by atoms with Crippen LogP contribution in [0, 0.1) is 5.92 Å². The molecule has 108 valence electrons. The second kappa shape index (κ2) is 6.56. The maximum atomic E-state index is 4.58. The molecule has 1 heterocycles. The van der Waals surface area contributed by atoms with E-state index in [4.69, 9.17) is 0 Å². The summed E-state index contributed by atoms with van der Waals surface area (Å²) in [5, 5.41) is 8.30. The monoisotopic (exact) mass is 263 g/mol. The Morgan fingerprint density at radius 2 is 1.95 bits per heavy atom. The third-order valence-corrected chi connectivity index (χ3v) is 4.46. The Bertz CT molecular complexity index is 389. The van der Waals surface area contributed by atoms with Gasteiger partial charge in [-0.1, -0.05) is 33.1 Å². The summed E-state index contributed by atoms with van der Waals surface area (Å²) in [5.41, 5.74) is 2.60. The summed E-state index contributed by atoms with van der Waals surface area (Å²) in [7, 11) is 2.01. The molecule has 1 saturated carbocycles. The second-order valence-electron chi connectivity index (χ2n) is 6.44. The molecule has 19 heavy (non-hydrogen) atoms. The van der Waals surface area contributed by atoms with Crippen LogP contribution in [-0.4, -0.2) is 15.8 Å². The zero-order chi connectivity index (χ0) is 13.8. The van der Waals surface area contributed by atoms with Gasteiger partial charge in [-0.3, -0.25) is 4.68 Å². The van der Waals surface area contributed by atoms with E-state index in [0.29, 0.717) is 12.0 Å². The van der Waals surface area contributed by atoms with Crippen LogP contribution in [0.5, 0.6) is 0 Å². The average Bonchev–Trinajstić information content (AvgIpc) is 2.78. The summed E-state index contributed by atoms with van der Waals surface area (Å²) >= 11 is 0. The molecule has 1 N–H and O–H groups in total. The molecule has 3 heteroatoms. The maximum Gasteiger partial charge on any atom is 0.0694 e. The van der Waals surface area contributed by atoms with E-state index in [2.05, 4.69) is 37.4 Å². The normalized spacial score (nSPS) is 19.0. The molecule has 0 saturated heterocycles. The van der Waals surface area contributed by atoms with E-state index < -0.39 is 0 Å². The van der Waals surface area contributed by atoms with Crippen molar-refractivity contribution in [3.05, 3.63) is 17.5 Å². The van der Waals surface area contributed by atoms with Crippen molar-refractivity contribution in [3.8, 4) is 0 Å². The number of hydrogen-bond acceptors (Lipinski definition) is 2. The molecule has 1 atom stereocenters. The summed E-state index contributed by atoms with van der Waals surface area (Å²) in [6.45, 7) is 7.74. The summed E-state index contributed by atoms with van der Waals surface area (Å²) in [6.07, 6.45) is 9.23. The largest absolute Gasteiger partial charge is 0.310 e. The van der Waals surface area contributed by atoms with Crippen LogP contribution < -0.4 is 5.32 Å². The highest BCUT2D eigenvalue weighted by Gasteiger charge is 2.20. The van der Waals surface area contributed by atoms with Crippen LogP contribution in [0.3, 0.4) is 0 Å². The zero-order valence-corrected chi connectivity index (χ0v) is 12.9. The van der Waals surface area contributed by atoms with Gasteiger partial charge in [-0.25, -0.2) is 0 Å². The van der Waals surface area contributed by atoms with Gasteiger partial charge in [0.1, 0.15) is 0 Å². The summed E-state index contributed by atoms with van der Waals surface area (Å²) < 4.78 is 1.94. The Balaban J connectivity index is 1.90. The van der Waals surface area contributed by atoms with E-state index in [0.717, 1.165) is 12.5 Å². The molecule has 0 amide bonds. The third-order valence-electron chi connectivity index (χ3n) is 4.46. The minimum absolute atomic E-state index is 0.503. The van der Waals surface area contributed by atoms with Gasteiger partial charge < -0.3 is 5.32 Å². The van der Waals surface area contributed by atoms with Crippen molar-refractivity contribution in [1.29, 1.82) is 0 Å². The maximum absolute atomic E-state index is 4.58. The number of aromatic nitrogens is 2. The van der Waals surface area contributed by atoms with Gasteiger partial charge in [-0.05, 0) is 31.6 Å². The van der Waals surface area contributed by atoms with Gasteiger partial charge in [0.2, 0.25) is 0 Å². The van der Waals surface area contributed by atoms with Crippen LogP contribution >= 0.6 is 0 Å². The minimum atomic E-state index is 0.503. The molecule has 1 fully saturated rings. The smallest absolute Gasteiger partial charge is 0.0694 e. The molecule has 1 aliphatic rings.